The van der Waals surface area contributed by atoms with E-state index in [1.807, 2.05) is 31.2 Å². The molecule has 2 aromatic rings. The first-order chi connectivity index (χ1) is 13.8. The van der Waals surface area contributed by atoms with E-state index in [2.05, 4.69) is 10.6 Å². The minimum Gasteiger partial charge on any atom is -0.467 e. The highest BCUT2D eigenvalue weighted by Gasteiger charge is 2.27. The highest BCUT2D eigenvalue weighted by molar-refractivity contribution is 5.90. The number of benzene rings is 2. The van der Waals surface area contributed by atoms with E-state index in [9.17, 15) is 18.8 Å². The molecule has 0 saturated carbocycles. The summed E-state index contributed by atoms with van der Waals surface area (Å²) in [4.78, 5) is 36.7. The molecular weight excluding hydrogens is 375 g/mol. The summed E-state index contributed by atoms with van der Waals surface area (Å²) in [5.74, 6) is -1.88. The molecular formula is C22H25FN2O4. The van der Waals surface area contributed by atoms with E-state index in [4.69, 9.17) is 4.74 Å². The third kappa shape index (κ3) is 6.71. The highest BCUT2D eigenvalue weighted by atomic mass is 19.1. The van der Waals surface area contributed by atoms with Crippen LogP contribution < -0.4 is 10.6 Å². The number of rotatable bonds is 8. The molecule has 7 heteroatoms. The Morgan fingerprint density at radius 1 is 0.966 bits per heavy atom. The van der Waals surface area contributed by atoms with Gasteiger partial charge in [0.2, 0.25) is 11.8 Å². The molecule has 6 nitrogen and oxygen atoms in total. The van der Waals surface area contributed by atoms with Crippen LogP contribution in [0.2, 0.25) is 0 Å². The lowest BCUT2D eigenvalue weighted by molar-refractivity contribution is -0.145. The van der Waals surface area contributed by atoms with E-state index in [-0.39, 0.29) is 18.7 Å². The average molecular weight is 400 g/mol. The number of carbonyl (C=O) groups excluding carboxylic acids is 3. The van der Waals surface area contributed by atoms with Crippen molar-refractivity contribution in [3.63, 3.8) is 0 Å². The lowest BCUT2D eigenvalue weighted by atomic mass is 10.00. The second-order valence-electron chi connectivity index (χ2n) is 6.80. The van der Waals surface area contributed by atoms with Crippen molar-refractivity contribution >= 4 is 17.8 Å². The number of hydrogen-bond acceptors (Lipinski definition) is 4. The van der Waals surface area contributed by atoms with Gasteiger partial charge in [-0.15, -0.1) is 0 Å². The summed E-state index contributed by atoms with van der Waals surface area (Å²) in [5, 5.41) is 5.26. The molecule has 0 aromatic heterocycles. The number of aryl methyl sites for hydroxylation is 1. The monoisotopic (exact) mass is 400 g/mol. The van der Waals surface area contributed by atoms with Gasteiger partial charge in [-0.3, -0.25) is 9.59 Å². The number of hydrogen-bond donors (Lipinski definition) is 2. The van der Waals surface area contributed by atoms with Gasteiger partial charge in [0.1, 0.15) is 17.9 Å². The largest absolute Gasteiger partial charge is 0.467 e. The van der Waals surface area contributed by atoms with Gasteiger partial charge in [0, 0.05) is 19.8 Å². The molecule has 29 heavy (non-hydrogen) atoms. The highest BCUT2D eigenvalue weighted by Crippen LogP contribution is 2.12. The minimum atomic E-state index is -0.915. The molecule has 2 rings (SSSR count). The van der Waals surface area contributed by atoms with E-state index in [1.165, 1.54) is 26.2 Å². The van der Waals surface area contributed by atoms with Crippen molar-refractivity contribution in [3.05, 3.63) is 71.0 Å². The fourth-order valence-electron chi connectivity index (χ4n) is 2.98. The van der Waals surface area contributed by atoms with Crippen LogP contribution in [0.5, 0.6) is 0 Å². The molecule has 0 spiro atoms. The Labute approximate surface area is 169 Å². The van der Waals surface area contributed by atoms with Crippen LogP contribution in [0.25, 0.3) is 0 Å². The average Bonchev–Trinajstić information content (AvgIpc) is 2.69. The third-order valence-electron chi connectivity index (χ3n) is 4.53. The van der Waals surface area contributed by atoms with E-state index < -0.39 is 29.8 Å². The van der Waals surface area contributed by atoms with Gasteiger partial charge in [0.15, 0.2) is 0 Å². The fraction of sp³-hybridized carbons (Fsp3) is 0.318. The third-order valence-corrected chi connectivity index (χ3v) is 4.53. The second-order valence-corrected chi connectivity index (χ2v) is 6.80. The van der Waals surface area contributed by atoms with Crippen LogP contribution in [0, 0.1) is 12.7 Å². The Morgan fingerprint density at radius 3 is 2.21 bits per heavy atom. The van der Waals surface area contributed by atoms with Crippen LogP contribution in [0.3, 0.4) is 0 Å². The first-order valence-electron chi connectivity index (χ1n) is 9.24. The first kappa shape index (κ1) is 22.1. The minimum absolute atomic E-state index is 0.157. The molecule has 0 fully saturated rings. The van der Waals surface area contributed by atoms with Crippen LogP contribution in [0.4, 0.5) is 4.39 Å². The summed E-state index contributed by atoms with van der Waals surface area (Å²) >= 11 is 0. The normalized spacial score (nSPS) is 12.6. The fourth-order valence-corrected chi connectivity index (χ4v) is 2.98. The Balaban J connectivity index is 2.17. The SMILES string of the molecule is COC(=O)[C@H](Cc1ccccc1C)NC(=O)[C@H](Cc1ccc(F)cc1)NC(C)=O. The molecule has 0 unspecified atom stereocenters. The summed E-state index contributed by atoms with van der Waals surface area (Å²) in [6.45, 7) is 3.22. The number of ether oxygens (including phenoxy) is 1. The van der Waals surface area contributed by atoms with Gasteiger partial charge in [-0.25, -0.2) is 9.18 Å². The maximum atomic E-state index is 13.1. The lowest BCUT2D eigenvalue weighted by Gasteiger charge is -2.22. The second kappa shape index (κ2) is 10.4. The number of carbonyl (C=O) groups is 3. The predicted molar refractivity (Wildman–Crippen MR) is 107 cm³/mol. The molecule has 0 bridgehead atoms. The van der Waals surface area contributed by atoms with E-state index in [0.29, 0.717) is 5.56 Å². The van der Waals surface area contributed by atoms with E-state index in [1.54, 1.807) is 12.1 Å². The van der Waals surface area contributed by atoms with Crippen LogP contribution in [0.1, 0.15) is 23.6 Å². The molecule has 0 saturated heterocycles. The molecule has 2 aromatic carbocycles. The van der Waals surface area contributed by atoms with Gasteiger partial charge in [-0.1, -0.05) is 36.4 Å². The summed E-state index contributed by atoms with van der Waals surface area (Å²) in [6, 6.07) is 11.4. The molecule has 2 amide bonds. The zero-order valence-electron chi connectivity index (χ0n) is 16.7. The maximum Gasteiger partial charge on any atom is 0.328 e. The Morgan fingerprint density at radius 2 is 1.62 bits per heavy atom. The predicted octanol–water partition coefficient (Wildman–Crippen LogP) is 2.08. The lowest BCUT2D eigenvalue weighted by Crippen LogP contribution is -2.53. The van der Waals surface area contributed by atoms with Gasteiger partial charge in [-0.2, -0.15) is 0 Å². The van der Waals surface area contributed by atoms with E-state index in [0.717, 1.165) is 11.1 Å². The van der Waals surface area contributed by atoms with Crippen molar-refractivity contribution in [1.82, 2.24) is 10.6 Å². The first-order valence-corrected chi connectivity index (χ1v) is 9.24. The number of amides is 2. The van der Waals surface area contributed by atoms with Crippen LogP contribution in [0.15, 0.2) is 48.5 Å². The number of nitrogens with one attached hydrogen (secondary N) is 2. The van der Waals surface area contributed by atoms with Gasteiger partial charge in [0.25, 0.3) is 0 Å². The van der Waals surface area contributed by atoms with Crippen molar-refractivity contribution in [1.29, 1.82) is 0 Å². The molecule has 0 heterocycles. The van der Waals surface area contributed by atoms with Crippen molar-refractivity contribution in [2.45, 2.75) is 38.8 Å². The molecule has 0 radical (unpaired) electrons. The molecule has 0 aliphatic rings. The topological polar surface area (TPSA) is 84.5 Å². The van der Waals surface area contributed by atoms with Crippen molar-refractivity contribution in [2.24, 2.45) is 0 Å². The summed E-state index contributed by atoms with van der Waals surface area (Å²) in [5.41, 5.74) is 2.56. The van der Waals surface area contributed by atoms with Gasteiger partial charge < -0.3 is 15.4 Å². The Bertz CT molecular complexity index is 867. The molecule has 0 aliphatic heterocycles. The van der Waals surface area contributed by atoms with Crippen LogP contribution >= 0.6 is 0 Å². The van der Waals surface area contributed by atoms with Crippen molar-refractivity contribution in [3.8, 4) is 0 Å². The van der Waals surface area contributed by atoms with Gasteiger partial charge >= 0.3 is 5.97 Å². The molecule has 154 valence electrons. The summed E-state index contributed by atoms with van der Waals surface area (Å²) in [7, 11) is 1.25. The van der Waals surface area contributed by atoms with Crippen LogP contribution in [-0.4, -0.2) is 37.0 Å². The van der Waals surface area contributed by atoms with E-state index >= 15 is 0 Å². The number of esters is 1. The standard InChI is InChI=1S/C22H25FN2O4/c1-14-6-4-5-7-17(14)13-20(22(28)29-3)25-21(27)19(24-15(2)26)12-16-8-10-18(23)11-9-16/h4-11,19-20H,12-13H2,1-3H3,(H,24,26)(H,25,27)/t19-,20-/m0/s1. The summed E-state index contributed by atoms with van der Waals surface area (Å²) < 4.78 is 18.0. The number of methoxy groups -OCH3 is 1. The smallest absolute Gasteiger partial charge is 0.328 e. The quantitative estimate of drug-likeness (QED) is 0.665. The van der Waals surface area contributed by atoms with Crippen LogP contribution in [-0.2, 0) is 32.0 Å². The van der Waals surface area contributed by atoms with Crippen molar-refractivity contribution < 1.29 is 23.5 Å². The number of halogens is 1. The zero-order valence-corrected chi connectivity index (χ0v) is 16.7. The molecule has 0 aliphatic carbocycles. The Hall–Kier alpha value is -3.22. The van der Waals surface area contributed by atoms with Gasteiger partial charge in [0.05, 0.1) is 7.11 Å². The Kier molecular flexibility index (Phi) is 7.88. The molecule has 2 N–H and O–H groups in total. The van der Waals surface area contributed by atoms with Crippen molar-refractivity contribution in [2.75, 3.05) is 7.11 Å². The zero-order chi connectivity index (χ0) is 21.4. The maximum absolute atomic E-state index is 13.1. The van der Waals surface area contributed by atoms with Gasteiger partial charge in [-0.05, 0) is 35.7 Å². The molecule has 2 atom stereocenters. The summed E-state index contributed by atoms with van der Waals surface area (Å²) in [6.07, 6.45) is 0.415.